The van der Waals surface area contributed by atoms with Crippen LogP contribution in [0, 0.1) is 13.8 Å². The minimum atomic E-state index is -4.39. The topological polar surface area (TPSA) is 52.7 Å². The Morgan fingerprint density at radius 2 is 1.52 bits per heavy atom. The fourth-order valence-corrected chi connectivity index (χ4v) is 3.65. The van der Waals surface area contributed by atoms with Gasteiger partial charge in [-0.15, -0.1) is 0 Å². The van der Waals surface area contributed by atoms with Crippen LogP contribution in [0.4, 0.5) is 18.9 Å². The highest BCUT2D eigenvalue weighted by atomic mass is 19.4. The summed E-state index contributed by atoms with van der Waals surface area (Å²) in [4.78, 5) is 28.6. The van der Waals surface area contributed by atoms with Crippen LogP contribution in [0.1, 0.15) is 22.3 Å². The number of carbonyl (C=O) groups excluding carboxylic acids is 2. The molecule has 31 heavy (non-hydrogen) atoms. The van der Waals surface area contributed by atoms with Gasteiger partial charge in [-0.05, 0) is 42.7 Å². The largest absolute Gasteiger partial charge is 0.416 e. The van der Waals surface area contributed by atoms with Crippen LogP contribution in [0.5, 0.6) is 0 Å². The maximum absolute atomic E-state index is 12.7. The number of aryl methyl sites for hydroxylation is 2. The summed E-state index contributed by atoms with van der Waals surface area (Å²) in [5.74, 6) is -0.221. The van der Waals surface area contributed by atoms with E-state index >= 15 is 0 Å². The zero-order chi connectivity index (χ0) is 22.6. The lowest BCUT2D eigenvalue weighted by molar-refractivity contribution is -0.137. The minimum Gasteiger partial charge on any atom is -0.340 e. The van der Waals surface area contributed by atoms with Crippen LogP contribution in [0.2, 0.25) is 0 Å². The first-order valence-electron chi connectivity index (χ1n) is 10.2. The molecule has 0 atom stereocenters. The van der Waals surface area contributed by atoms with E-state index in [9.17, 15) is 22.8 Å². The summed E-state index contributed by atoms with van der Waals surface area (Å²) in [7, 11) is 0. The first kappa shape index (κ1) is 22.8. The van der Waals surface area contributed by atoms with E-state index in [2.05, 4.69) is 5.32 Å². The third-order valence-electron chi connectivity index (χ3n) is 5.47. The molecule has 1 aliphatic heterocycles. The average molecular weight is 433 g/mol. The number of nitrogens with zero attached hydrogens (tertiary/aromatic N) is 2. The Kier molecular flexibility index (Phi) is 7.00. The molecule has 1 heterocycles. The summed E-state index contributed by atoms with van der Waals surface area (Å²) in [6.45, 7) is 6.24. The maximum atomic E-state index is 12.7. The molecule has 1 fully saturated rings. The molecular weight excluding hydrogens is 407 g/mol. The fraction of sp³-hybridized carbons (Fsp3) is 0.391. The number of carbonyl (C=O) groups is 2. The third kappa shape index (κ3) is 6.07. The lowest BCUT2D eigenvalue weighted by atomic mass is 10.1. The highest BCUT2D eigenvalue weighted by molar-refractivity contribution is 5.93. The van der Waals surface area contributed by atoms with Crippen molar-refractivity contribution in [3.63, 3.8) is 0 Å². The molecule has 2 amide bonds. The summed E-state index contributed by atoms with van der Waals surface area (Å²) < 4.78 is 38.0. The van der Waals surface area contributed by atoms with Crippen molar-refractivity contribution in [2.45, 2.75) is 26.4 Å². The molecule has 8 heteroatoms. The second kappa shape index (κ2) is 9.51. The highest BCUT2D eigenvalue weighted by Gasteiger charge is 2.30. The van der Waals surface area contributed by atoms with E-state index in [-0.39, 0.29) is 24.8 Å². The SMILES string of the molecule is Cc1cccc(C)c1NC(=O)CN1CCN(C(=O)Cc2ccc(C(F)(F)F)cc2)CC1. The van der Waals surface area contributed by atoms with Gasteiger partial charge in [-0.3, -0.25) is 14.5 Å². The van der Waals surface area contributed by atoms with Gasteiger partial charge in [0.05, 0.1) is 18.5 Å². The number of alkyl halides is 3. The Labute approximate surface area is 179 Å². The quantitative estimate of drug-likeness (QED) is 0.783. The third-order valence-corrected chi connectivity index (χ3v) is 5.47. The molecule has 166 valence electrons. The van der Waals surface area contributed by atoms with Crippen LogP contribution in [-0.4, -0.2) is 54.3 Å². The summed E-state index contributed by atoms with van der Waals surface area (Å²) in [5, 5.41) is 2.97. The van der Waals surface area contributed by atoms with Crippen molar-refractivity contribution < 1.29 is 22.8 Å². The molecule has 1 saturated heterocycles. The van der Waals surface area contributed by atoms with Gasteiger partial charge >= 0.3 is 6.18 Å². The smallest absolute Gasteiger partial charge is 0.340 e. The van der Waals surface area contributed by atoms with Crippen LogP contribution >= 0.6 is 0 Å². The molecule has 1 N–H and O–H groups in total. The van der Waals surface area contributed by atoms with Gasteiger partial charge in [0.25, 0.3) is 0 Å². The molecule has 0 spiro atoms. The Hall–Kier alpha value is -2.87. The number of halogens is 3. The molecule has 3 rings (SSSR count). The first-order chi connectivity index (χ1) is 14.6. The normalized spacial score (nSPS) is 15.1. The van der Waals surface area contributed by atoms with Gasteiger partial charge in [0.2, 0.25) is 11.8 Å². The molecule has 2 aromatic rings. The number of benzene rings is 2. The van der Waals surface area contributed by atoms with E-state index in [1.54, 1.807) is 4.90 Å². The second-order valence-electron chi connectivity index (χ2n) is 7.84. The van der Waals surface area contributed by atoms with Crippen molar-refractivity contribution in [2.75, 3.05) is 38.0 Å². The summed E-state index contributed by atoms with van der Waals surface area (Å²) in [6, 6.07) is 10.5. The zero-order valence-corrected chi connectivity index (χ0v) is 17.6. The van der Waals surface area contributed by atoms with E-state index in [0.29, 0.717) is 31.7 Å². The average Bonchev–Trinajstić information content (AvgIpc) is 2.71. The molecule has 0 saturated carbocycles. The second-order valence-corrected chi connectivity index (χ2v) is 7.84. The van der Waals surface area contributed by atoms with E-state index in [4.69, 9.17) is 0 Å². The maximum Gasteiger partial charge on any atom is 0.416 e. The predicted molar refractivity (Wildman–Crippen MR) is 113 cm³/mol. The minimum absolute atomic E-state index is 0.0607. The van der Waals surface area contributed by atoms with Crippen molar-refractivity contribution in [1.29, 1.82) is 0 Å². The van der Waals surface area contributed by atoms with Crippen LogP contribution in [0.3, 0.4) is 0 Å². The van der Waals surface area contributed by atoms with Gasteiger partial charge in [-0.2, -0.15) is 13.2 Å². The van der Waals surface area contributed by atoms with Gasteiger partial charge in [0, 0.05) is 31.9 Å². The Morgan fingerprint density at radius 3 is 2.06 bits per heavy atom. The Morgan fingerprint density at radius 1 is 0.935 bits per heavy atom. The predicted octanol–water partition coefficient (Wildman–Crippen LogP) is 3.65. The van der Waals surface area contributed by atoms with Crippen molar-refractivity contribution in [3.05, 3.63) is 64.7 Å². The van der Waals surface area contributed by atoms with Crippen molar-refractivity contribution >= 4 is 17.5 Å². The van der Waals surface area contributed by atoms with Crippen LogP contribution in [0.15, 0.2) is 42.5 Å². The number of nitrogens with one attached hydrogen (secondary N) is 1. The van der Waals surface area contributed by atoms with Gasteiger partial charge in [-0.1, -0.05) is 30.3 Å². The Bertz CT molecular complexity index is 914. The molecule has 0 radical (unpaired) electrons. The lowest BCUT2D eigenvalue weighted by Crippen LogP contribution is -2.50. The zero-order valence-electron chi connectivity index (χ0n) is 17.6. The van der Waals surface area contributed by atoms with Gasteiger partial charge in [0.15, 0.2) is 0 Å². The highest BCUT2D eigenvalue weighted by Crippen LogP contribution is 2.29. The first-order valence-corrected chi connectivity index (χ1v) is 10.2. The molecule has 0 aromatic heterocycles. The van der Waals surface area contributed by atoms with Gasteiger partial charge in [-0.25, -0.2) is 0 Å². The van der Waals surface area contributed by atoms with Crippen molar-refractivity contribution in [3.8, 4) is 0 Å². The monoisotopic (exact) mass is 433 g/mol. The molecule has 0 unspecified atom stereocenters. The summed E-state index contributed by atoms with van der Waals surface area (Å²) in [5.41, 5.74) is 2.67. The van der Waals surface area contributed by atoms with Crippen molar-refractivity contribution in [1.82, 2.24) is 9.80 Å². The van der Waals surface area contributed by atoms with Gasteiger partial charge in [0.1, 0.15) is 0 Å². The number of amides is 2. The number of para-hydroxylation sites is 1. The molecule has 0 bridgehead atoms. The molecule has 1 aliphatic rings. The van der Waals surface area contributed by atoms with E-state index in [0.717, 1.165) is 28.9 Å². The van der Waals surface area contributed by atoms with E-state index in [1.165, 1.54) is 12.1 Å². The summed E-state index contributed by atoms with van der Waals surface area (Å²) >= 11 is 0. The number of hydrogen-bond donors (Lipinski definition) is 1. The number of anilines is 1. The molecular formula is C23H26F3N3O2. The van der Waals surface area contributed by atoms with Gasteiger partial charge < -0.3 is 10.2 Å². The molecule has 0 aliphatic carbocycles. The standard InChI is InChI=1S/C23H26F3N3O2/c1-16-4-3-5-17(2)22(16)27-20(30)15-28-10-12-29(13-11-28)21(31)14-18-6-8-19(9-7-18)23(24,25)26/h3-9H,10-15H2,1-2H3,(H,27,30). The van der Waals surface area contributed by atoms with Crippen molar-refractivity contribution in [2.24, 2.45) is 0 Å². The van der Waals surface area contributed by atoms with Crippen LogP contribution < -0.4 is 5.32 Å². The number of piperazine rings is 1. The number of hydrogen-bond acceptors (Lipinski definition) is 3. The van der Waals surface area contributed by atoms with Crippen LogP contribution in [-0.2, 0) is 22.2 Å². The molecule has 5 nitrogen and oxygen atoms in total. The van der Waals surface area contributed by atoms with Crippen LogP contribution in [0.25, 0.3) is 0 Å². The number of rotatable bonds is 5. The fourth-order valence-electron chi connectivity index (χ4n) is 3.65. The van der Waals surface area contributed by atoms with E-state index in [1.807, 2.05) is 36.9 Å². The lowest BCUT2D eigenvalue weighted by Gasteiger charge is -2.34. The Balaban J connectivity index is 1.46. The molecule has 2 aromatic carbocycles. The summed E-state index contributed by atoms with van der Waals surface area (Å²) in [6.07, 6.45) is -4.33. The van der Waals surface area contributed by atoms with E-state index < -0.39 is 11.7 Å².